The minimum Gasteiger partial charge on any atom is -0.491 e. The number of carbonyl (C=O) groups is 1. The van der Waals surface area contributed by atoms with E-state index < -0.39 is 5.60 Å². The number of pyridine rings is 1. The summed E-state index contributed by atoms with van der Waals surface area (Å²) in [6, 6.07) is 8.08. The summed E-state index contributed by atoms with van der Waals surface area (Å²) in [6.45, 7) is 8.05. The molecule has 1 amide bonds. The molecule has 1 aromatic heterocycles. The highest BCUT2D eigenvalue weighted by Crippen LogP contribution is 2.27. The standard InChI is InChI=1S/C25H33FN4O3/c1-20-13-21(16-27-15-20)17-29-11-12-33-25(18-29,19-32-23-5-3-22(26)4-6-23)14-24(31)30-9-7-28(2)8-10-30/h3-6,13,15-16H,7-12,14,17-19H2,1-2H3/t25-/m1/s1. The first-order valence-electron chi connectivity index (χ1n) is 11.5. The molecule has 2 fully saturated rings. The average molecular weight is 457 g/mol. The number of morpholine rings is 1. The molecular formula is C25H33FN4O3. The summed E-state index contributed by atoms with van der Waals surface area (Å²) in [5.41, 5.74) is 1.48. The van der Waals surface area contributed by atoms with Crippen molar-refractivity contribution in [3.8, 4) is 5.75 Å². The van der Waals surface area contributed by atoms with Gasteiger partial charge in [-0.1, -0.05) is 6.07 Å². The van der Waals surface area contributed by atoms with Crippen LogP contribution in [0.15, 0.2) is 42.7 Å². The van der Waals surface area contributed by atoms with Crippen LogP contribution >= 0.6 is 0 Å². The molecule has 1 atom stereocenters. The van der Waals surface area contributed by atoms with Gasteiger partial charge in [0.15, 0.2) is 0 Å². The van der Waals surface area contributed by atoms with Crippen LogP contribution in [0.1, 0.15) is 17.5 Å². The van der Waals surface area contributed by atoms with E-state index in [0.29, 0.717) is 18.9 Å². The number of aromatic nitrogens is 1. The average Bonchev–Trinajstić information content (AvgIpc) is 2.79. The van der Waals surface area contributed by atoms with E-state index in [9.17, 15) is 9.18 Å². The van der Waals surface area contributed by atoms with Crippen LogP contribution in [0.25, 0.3) is 0 Å². The highest BCUT2D eigenvalue weighted by atomic mass is 19.1. The van der Waals surface area contributed by atoms with Crippen molar-refractivity contribution in [3.63, 3.8) is 0 Å². The number of aryl methyl sites for hydroxylation is 1. The molecule has 7 nitrogen and oxygen atoms in total. The molecule has 178 valence electrons. The minimum absolute atomic E-state index is 0.0879. The molecule has 2 saturated heterocycles. The molecule has 2 aromatic rings. The van der Waals surface area contributed by atoms with Crippen molar-refractivity contribution in [3.05, 3.63) is 59.7 Å². The molecule has 0 aliphatic carbocycles. The van der Waals surface area contributed by atoms with E-state index >= 15 is 0 Å². The lowest BCUT2D eigenvalue weighted by Crippen LogP contribution is -2.58. The summed E-state index contributed by atoms with van der Waals surface area (Å²) in [5, 5.41) is 0. The van der Waals surface area contributed by atoms with Gasteiger partial charge in [-0.25, -0.2) is 4.39 Å². The Balaban J connectivity index is 1.48. The molecule has 0 radical (unpaired) electrons. The predicted molar refractivity (Wildman–Crippen MR) is 124 cm³/mol. The van der Waals surface area contributed by atoms with Gasteiger partial charge in [0.2, 0.25) is 5.91 Å². The number of halogens is 1. The number of benzene rings is 1. The molecule has 3 heterocycles. The zero-order chi connectivity index (χ0) is 23.3. The molecule has 4 rings (SSSR count). The zero-order valence-corrected chi connectivity index (χ0v) is 19.5. The summed E-state index contributed by atoms with van der Waals surface area (Å²) in [5.74, 6) is 0.338. The number of amides is 1. The van der Waals surface area contributed by atoms with Crippen LogP contribution in [0, 0.1) is 12.7 Å². The Kier molecular flexibility index (Phi) is 7.57. The third kappa shape index (κ3) is 6.50. The Morgan fingerprint density at radius 1 is 1.15 bits per heavy atom. The van der Waals surface area contributed by atoms with Crippen LogP contribution in [0.3, 0.4) is 0 Å². The summed E-state index contributed by atoms with van der Waals surface area (Å²) in [6.07, 6.45) is 3.98. The Bertz CT molecular complexity index is 934. The third-order valence-corrected chi connectivity index (χ3v) is 6.31. The molecule has 33 heavy (non-hydrogen) atoms. The normalized spacial score (nSPS) is 22.3. The topological polar surface area (TPSA) is 58.1 Å². The van der Waals surface area contributed by atoms with Crippen LogP contribution in [0.5, 0.6) is 5.75 Å². The van der Waals surface area contributed by atoms with Crippen LogP contribution in [-0.4, -0.2) is 90.7 Å². The van der Waals surface area contributed by atoms with Gasteiger partial charge in [0.25, 0.3) is 0 Å². The second kappa shape index (κ2) is 10.6. The van der Waals surface area contributed by atoms with E-state index in [-0.39, 0.29) is 24.8 Å². The van der Waals surface area contributed by atoms with E-state index in [2.05, 4.69) is 27.9 Å². The van der Waals surface area contributed by atoms with Gasteiger partial charge < -0.3 is 19.3 Å². The number of carbonyl (C=O) groups excluding carboxylic acids is 1. The summed E-state index contributed by atoms with van der Waals surface area (Å²) < 4.78 is 25.6. The summed E-state index contributed by atoms with van der Waals surface area (Å²) in [4.78, 5) is 24.0. The molecule has 0 spiro atoms. The maximum absolute atomic E-state index is 13.3. The first kappa shape index (κ1) is 23.6. The predicted octanol–water partition coefficient (Wildman–Crippen LogP) is 2.34. The fourth-order valence-electron chi connectivity index (χ4n) is 4.45. The monoisotopic (exact) mass is 456 g/mol. The molecule has 0 bridgehead atoms. The van der Waals surface area contributed by atoms with Crippen molar-refractivity contribution < 1.29 is 18.7 Å². The number of hydrogen-bond acceptors (Lipinski definition) is 6. The number of likely N-dealkylation sites (N-methyl/N-ethyl adjacent to an activating group) is 1. The van der Waals surface area contributed by atoms with Crippen LogP contribution < -0.4 is 4.74 Å². The first-order valence-corrected chi connectivity index (χ1v) is 11.5. The van der Waals surface area contributed by atoms with Crippen LogP contribution in [-0.2, 0) is 16.1 Å². The lowest BCUT2D eigenvalue weighted by Gasteiger charge is -2.43. The second-order valence-electron chi connectivity index (χ2n) is 9.22. The molecular weight excluding hydrogens is 423 g/mol. The number of piperazine rings is 1. The third-order valence-electron chi connectivity index (χ3n) is 6.31. The van der Waals surface area contributed by atoms with E-state index in [4.69, 9.17) is 9.47 Å². The van der Waals surface area contributed by atoms with Gasteiger partial charge in [0.1, 0.15) is 23.8 Å². The zero-order valence-electron chi connectivity index (χ0n) is 19.5. The lowest BCUT2D eigenvalue weighted by atomic mass is 9.96. The Labute approximate surface area is 195 Å². The molecule has 0 saturated carbocycles. The van der Waals surface area contributed by atoms with Crippen molar-refractivity contribution in [1.29, 1.82) is 0 Å². The van der Waals surface area contributed by atoms with Gasteiger partial charge in [-0.15, -0.1) is 0 Å². The fraction of sp³-hybridized carbons (Fsp3) is 0.520. The van der Waals surface area contributed by atoms with Gasteiger partial charge in [0.05, 0.1) is 13.0 Å². The molecule has 0 N–H and O–H groups in total. The van der Waals surface area contributed by atoms with E-state index in [1.807, 2.05) is 24.2 Å². The largest absolute Gasteiger partial charge is 0.491 e. The summed E-state index contributed by atoms with van der Waals surface area (Å²) in [7, 11) is 2.07. The van der Waals surface area contributed by atoms with Crippen molar-refractivity contribution in [2.24, 2.45) is 0 Å². The number of nitrogens with zero attached hydrogens (tertiary/aromatic N) is 4. The van der Waals surface area contributed by atoms with E-state index in [0.717, 1.165) is 50.4 Å². The van der Waals surface area contributed by atoms with Gasteiger partial charge in [0, 0.05) is 58.2 Å². The van der Waals surface area contributed by atoms with Crippen molar-refractivity contribution in [1.82, 2.24) is 19.7 Å². The molecule has 0 unspecified atom stereocenters. The quantitative estimate of drug-likeness (QED) is 0.638. The first-order chi connectivity index (χ1) is 15.9. The minimum atomic E-state index is -0.773. The summed E-state index contributed by atoms with van der Waals surface area (Å²) >= 11 is 0. The number of ether oxygens (including phenoxy) is 2. The molecule has 1 aromatic carbocycles. The van der Waals surface area contributed by atoms with Gasteiger partial charge >= 0.3 is 0 Å². The number of hydrogen-bond donors (Lipinski definition) is 0. The highest BCUT2D eigenvalue weighted by molar-refractivity contribution is 5.77. The Morgan fingerprint density at radius 3 is 2.64 bits per heavy atom. The van der Waals surface area contributed by atoms with E-state index in [1.165, 1.54) is 12.1 Å². The Hall–Kier alpha value is -2.55. The molecule has 8 heteroatoms. The fourth-order valence-corrected chi connectivity index (χ4v) is 4.45. The second-order valence-corrected chi connectivity index (χ2v) is 9.22. The van der Waals surface area contributed by atoms with E-state index in [1.54, 1.807) is 12.1 Å². The number of rotatable bonds is 7. The SMILES string of the molecule is Cc1cncc(CN2CCO[C@](COc3ccc(F)cc3)(CC(=O)N3CCN(C)CC3)C2)c1. The van der Waals surface area contributed by atoms with Crippen LogP contribution in [0.2, 0.25) is 0 Å². The van der Waals surface area contributed by atoms with Crippen LogP contribution in [0.4, 0.5) is 4.39 Å². The van der Waals surface area contributed by atoms with Crippen molar-refractivity contribution in [2.45, 2.75) is 25.5 Å². The van der Waals surface area contributed by atoms with Gasteiger partial charge in [-0.05, 0) is 49.4 Å². The van der Waals surface area contributed by atoms with Gasteiger partial charge in [-0.3, -0.25) is 14.7 Å². The Morgan fingerprint density at radius 2 is 1.91 bits per heavy atom. The van der Waals surface area contributed by atoms with Crippen molar-refractivity contribution >= 4 is 5.91 Å². The molecule has 2 aliphatic heterocycles. The maximum Gasteiger partial charge on any atom is 0.225 e. The molecule has 2 aliphatic rings. The smallest absolute Gasteiger partial charge is 0.225 e. The highest BCUT2D eigenvalue weighted by Gasteiger charge is 2.41. The lowest BCUT2D eigenvalue weighted by molar-refractivity contribution is -0.157. The van der Waals surface area contributed by atoms with Crippen molar-refractivity contribution in [2.75, 3.05) is 59.5 Å². The maximum atomic E-state index is 13.3. The van der Waals surface area contributed by atoms with Gasteiger partial charge in [-0.2, -0.15) is 0 Å².